The molecule has 7 nitrogen and oxygen atoms in total. The molecule has 1 saturated heterocycles. The molecular weight excluding hydrogens is 204 g/mol. The maximum Gasteiger partial charge on any atom is 0.281 e. The zero-order valence-corrected chi connectivity index (χ0v) is 7.39. The van der Waals surface area contributed by atoms with E-state index in [-0.39, 0.29) is 0 Å². The number of rotatable bonds is 1. The predicted molar refractivity (Wildman–Crippen MR) is 43.7 cm³/mol. The van der Waals surface area contributed by atoms with Crippen molar-refractivity contribution in [2.24, 2.45) is 0 Å². The normalized spacial score (nSPS) is 30.3. The Labute approximate surface area is 83.3 Å². The van der Waals surface area contributed by atoms with Crippen molar-refractivity contribution in [3.63, 3.8) is 0 Å². The molecule has 78 valence electrons. The monoisotopic (exact) mass is 210 g/mol. The van der Waals surface area contributed by atoms with Gasteiger partial charge in [-0.15, -0.1) is 0 Å². The Balaban J connectivity index is 2.38. The topological polar surface area (TPSA) is 104 Å². The highest BCUT2D eigenvalue weighted by Gasteiger charge is 2.54. The van der Waals surface area contributed by atoms with Gasteiger partial charge in [-0.3, -0.25) is 24.5 Å². The number of nitrogens with zero attached hydrogens (tertiary/aromatic N) is 1. The van der Waals surface area contributed by atoms with Crippen molar-refractivity contribution in [2.75, 3.05) is 0 Å². The minimum atomic E-state index is -2.38. The van der Waals surface area contributed by atoms with Gasteiger partial charge in [-0.1, -0.05) is 0 Å². The first-order chi connectivity index (χ1) is 6.95. The SMILES string of the molecule is O=C1CC(O)(N2C(=O)C=CC2=O)C(=O)N1. The molecule has 7 heteroatoms. The summed E-state index contributed by atoms with van der Waals surface area (Å²) in [5, 5.41) is 11.6. The van der Waals surface area contributed by atoms with Gasteiger partial charge < -0.3 is 5.11 Å². The Morgan fingerprint density at radius 2 is 1.73 bits per heavy atom. The van der Waals surface area contributed by atoms with Gasteiger partial charge in [0.15, 0.2) is 0 Å². The van der Waals surface area contributed by atoms with Crippen LogP contribution in [0.15, 0.2) is 12.2 Å². The van der Waals surface area contributed by atoms with Crippen molar-refractivity contribution in [3.05, 3.63) is 12.2 Å². The Morgan fingerprint density at radius 3 is 2.13 bits per heavy atom. The summed E-state index contributed by atoms with van der Waals surface area (Å²) in [5.74, 6) is -3.41. The highest BCUT2D eigenvalue weighted by Crippen LogP contribution is 2.25. The minimum Gasteiger partial charge on any atom is -0.362 e. The number of hydrogen-bond donors (Lipinski definition) is 2. The van der Waals surface area contributed by atoms with E-state index in [4.69, 9.17) is 0 Å². The third-order valence-corrected chi connectivity index (χ3v) is 2.20. The van der Waals surface area contributed by atoms with E-state index in [0.717, 1.165) is 12.2 Å². The van der Waals surface area contributed by atoms with E-state index in [9.17, 15) is 24.3 Å². The zero-order chi connectivity index (χ0) is 11.2. The molecule has 2 heterocycles. The Morgan fingerprint density at radius 1 is 1.20 bits per heavy atom. The number of imide groups is 2. The first-order valence-electron chi connectivity index (χ1n) is 4.08. The van der Waals surface area contributed by atoms with Crippen LogP contribution in [0.1, 0.15) is 6.42 Å². The number of carbonyl (C=O) groups is 4. The average molecular weight is 210 g/mol. The number of carbonyl (C=O) groups excluding carboxylic acids is 4. The van der Waals surface area contributed by atoms with Crippen LogP contribution in [0.25, 0.3) is 0 Å². The summed E-state index contributed by atoms with van der Waals surface area (Å²) >= 11 is 0. The van der Waals surface area contributed by atoms with Crippen LogP contribution in [-0.4, -0.2) is 39.4 Å². The Bertz CT molecular complexity index is 409. The predicted octanol–water partition coefficient (Wildman–Crippen LogP) is -2.35. The third kappa shape index (κ3) is 1.17. The molecule has 4 amide bonds. The lowest BCUT2D eigenvalue weighted by Gasteiger charge is -2.27. The van der Waals surface area contributed by atoms with E-state index >= 15 is 0 Å². The van der Waals surface area contributed by atoms with Crippen LogP contribution < -0.4 is 5.32 Å². The second-order valence-corrected chi connectivity index (χ2v) is 3.22. The largest absolute Gasteiger partial charge is 0.362 e. The van der Waals surface area contributed by atoms with Crippen molar-refractivity contribution in [1.82, 2.24) is 10.2 Å². The molecule has 1 atom stereocenters. The molecule has 0 aliphatic carbocycles. The quantitative estimate of drug-likeness (QED) is 0.471. The molecular formula is C8H6N2O5. The van der Waals surface area contributed by atoms with Crippen LogP contribution in [-0.2, 0) is 19.2 Å². The number of aliphatic hydroxyl groups is 1. The van der Waals surface area contributed by atoms with Gasteiger partial charge in [0.25, 0.3) is 17.7 Å². The van der Waals surface area contributed by atoms with E-state index in [1.807, 2.05) is 5.32 Å². The highest BCUT2D eigenvalue weighted by molar-refractivity contribution is 6.18. The lowest BCUT2D eigenvalue weighted by Crippen LogP contribution is -2.56. The van der Waals surface area contributed by atoms with Crippen LogP contribution >= 0.6 is 0 Å². The molecule has 0 saturated carbocycles. The summed E-state index contributed by atoms with van der Waals surface area (Å²) in [6.07, 6.45) is 1.23. The van der Waals surface area contributed by atoms with E-state index in [1.54, 1.807) is 0 Å². The molecule has 0 spiro atoms. The van der Waals surface area contributed by atoms with Crippen LogP contribution in [0.5, 0.6) is 0 Å². The zero-order valence-electron chi connectivity index (χ0n) is 7.39. The molecule has 2 rings (SSSR count). The summed E-state index contributed by atoms with van der Waals surface area (Å²) in [6, 6.07) is 0. The van der Waals surface area contributed by atoms with E-state index in [0.29, 0.717) is 4.90 Å². The summed E-state index contributed by atoms with van der Waals surface area (Å²) in [5.41, 5.74) is -2.38. The molecule has 2 aliphatic rings. The van der Waals surface area contributed by atoms with E-state index in [1.165, 1.54) is 0 Å². The van der Waals surface area contributed by atoms with Crippen LogP contribution in [0.3, 0.4) is 0 Å². The van der Waals surface area contributed by atoms with Gasteiger partial charge in [-0.05, 0) is 0 Å². The molecule has 0 radical (unpaired) electrons. The van der Waals surface area contributed by atoms with Crippen LogP contribution in [0.4, 0.5) is 0 Å². The molecule has 1 unspecified atom stereocenters. The summed E-state index contributed by atoms with van der Waals surface area (Å²) in [4.78, 5) is 44.9. The third-order valence-electron chi connectivity index (χ3n) is 2.20. The number of hydrogen-bond acceptors (Lipinski definition) is 5. The van der Waals surface area contributed by atoms with Gasteiger partial charge in [0.05, 0.1) is 6.42 Å². The van der Waals surface area contributed by atoms with Gasteiger partial charge in [-0.2, -0.15) is 0 Å². The van der Waals surface area contributed by atoms with Gasteiger partial charge >= 0.3 is 0 Å². The van der Waals surface area contributed by atoms with Crippen molar-refractivity contribution >= 4 is 23.6 Å². The van der Waals surface area contributed by atoms with Crippen molar-refractivity contribution in [2.45, 2.75) is 12.1 Å². The molecule has 0 bridgehead atoms. The maximum absolute atomic E-state index is 11.2. The molecule has 1 fully saturated rings. The van der Waals surface area contributed by atoms with Gasteiger partial charge in [0.1, 0.15) is 0 Å². The smallest absolute Gasteiger partial charge is 0.281 e. The van der Waals surface area contributed by atoms with E-state index in [2.05, 4.69) is 0 Å². The number of nitrogens with one attached hydrogen (secondary N) is 1. The number of amides is 4. The molecule has 0 aromatic carbocycles. The average Bonchev–Trinajstić information content (AvgIpc) is 2.56. The fraction of sp³-hybridized carbons (Fsp3) is 0.250. The molecule has 0 aromatic heterocycles. The molecule has 0 aromatic rings. The highest BCUT2D eigenvalue weighted by atomic mass is 16.3. The Kier molecular flexibility index (Phi) is 1.74. The first-order valence-corrected chi connectivity index (χ1v) is 4.08. The fourth-order valence-corrected chi connectivity index (χ4v) is 1.52. The molecule has 2 aliphatic heterocycles. The molecule has 2 N–H and O–H groups in total. The van der Waals surface area contributed by atoms with E-state index < -0.39 is 35.8 Å². The summed E-state index contributed by atoms with van der Waals surface area (Å²) in [6.45, 7) is 0. The summed E-state index contributed by atoms with van der Waals surface area (Å²) in [7, 11) is 0. The van der Waals surface area contributed by atoms with Crippen LogP contribution in [0, 0.1) is 0 Å². The van der Waals surface area contributed by atoms with Crippen molar-refractivity contribution < 1.29 is 24.3 Å². The van der Waals surface area contributed by atoms with Gasteiger partial charge in [-0.25, -0.2) is 4.90 Å². The standard InChI is InChI=1S/C8H6N2O5/c11-4-3-8(15,7(14)9-4)10-5(12)1-2-6(10)13/h1-2,15H,3H2,(H,9,11,14). The second kappa shape index (κ2) is 2.74. The fourth-order valence-electron chi connectivity index (χ4n) is 1.52. The lowest BCUT2D eigenvalue weighted by atomic mass is 10.1. The van der Waals surface area contributed by atoms with Gasteiger partial charge in [0, 0.05) is 12.2 Å². The second-order valence-electron chi connectivity index (χ2n) is 3.22. The minimum absolute atomic E-state index is 0.368. The maximum atomic E-state index is 11.2. The lowest BCUT2D eigenvalue weighted by molar-refractivity contribution is -0.172. The van der Waals surface area contributed by atoms with Crippen molar-refractivity contribution in [1.29, 1.82) is 0 Å². The summed E-state index contributed by atoms with van der Waals surface area (Å²) < 4.78 is 0. The first kappa shape index (κ1) is 9.53. The van der Waals surface area contributed by atoms with Crippen molar-refractivity contribution in [3.8, 4) is 0 Å². The Hall–Kier alpha value is -2.02. The molecule has 15 heavy (non-hydrogen) atoms. The van der Waals surface area contributed by atoms with Crippen LogP contribution in [0.2, 0.25) is 0 Å². The van der Waals surface area contributed by atoms with Gasteiger partial charge in [0.2, 0.25) is 11.6 Å².